The van der Waals surface area contributed by atoms with Gasteiger partial charge in [0.2, 0.25) is 0 Å². The summed E-state index contributed by atoms with van der Waals surface area (Å²) in [5.41, 5.74) is 5.29. The van der Waals surface area contributed by atoms with E-state index in [9.17, 15) is 9.90 Å². The molecule has 0 aliphatic rings. The Morgan fingerprint density at radius 3 is 2.83 bits per heavy atom. The highest BCUT2D eigenvalue weighted by Crippen LogP contribution is 2.26. The molecule has 1 rings (SSSR count). The van der Waals surface area contributed by atoms with Crippen LogP contribution in [-0.2, 0) is 0 Å². The highest BCUT2D eigenvalue weighted by Gasteiger charge is 2.10. The molecule has 0 aliphatic carbocycles. The van der Waals surface area contributed by atoms with E-state index in [-0.39, 0.29) is 28.7 Å². The quantitative estimate of drug-likeness (QED) is 0.681. The number of carbonyl (C=O) groups is 1. The molecule has 1 aromatic carbocycles. The number of hydrogen-bond acceptors (Lipinski definition) is 3. The van der Waals surface area contributed by atoms with Gasteiger partial charge in [-0.25, -0.2) is 0 Å². The third-order valence-corrected chi connectivity index (χ3v) is 1.78. The third kappa shape index (κ3) is 1.57. The minimum absolute atomic E-state index is 0.131. The minimum Gasteiger partial charge on any atom is -0.506 e. The van der Waals surface area contributed by atoms with Crippen molar-refractivity contribution >= 4 is 17.4 Å². The molecule has 0 aliphatic heterocycles. The molecule has 0 saturated carbocycles. The van der Waals surface area contributed by atoms with Crippen LogP contribution in [0.15, 0.2) is 18.2 Å². The molecule has 12 heavy (non-hydrogen) atoms. The van der Waals surface area contributed by atoms with Crippen LogP contribution in [0.3, 0.4) is 0 Å². The van der Waals surface area contributed by atoms with Crippen molar-refractivity contribution in [2.45, 2.75) is 0 Å². The van der Waals surface area contributed by atoms with E-state index < -0.39 is 0 Å². The molecule has 3 N–H and O–H groups in total. The van der Waals surface area contributed by atoms with Crippen molar-refractivity contribution in [2.75, 3.05) is 6.54 Å². The van der Waals surface area contributed by atoms with Crippen molar-refractivity contribution in [3.05, 3.63) is 28.8 Å². The lowest BCUT2D eigenvalue weighted by atomic mass is 10.1. The predicted octanol–water partition coefficient (Wildman–Crippen LogP) is 1.19. The first-order valence-corrected chi connectivity index (χ1v) is 3.75. The summed E-state index contributed by atoms with van der Waals surface area (Å²) in [6, 6.07) is 4.57. The molecule has 0 atom stereocenters. The van der Waals surface area contributed by atoms with Gasteiger partial charge in [-0.1, -0.05) is 17.7 Å². The second kappa shape index (κ2) is 3.56. The lowest BCUT2D eigenvalue weighted by Crippen LogP contribution is -2.13. The monoisotopic (exact) mass is 185 g/mol. The SMILES string of the molecule is NCC(=O)c1cccc(Cl)c1O. The number of nitrogens with two attached hydrogens (primary N) is 1. The largest absolute Gasteiger partial charge is 0.506 e. The average Bonchev–Trinajstić information content (AvgIpc) is 2.08. The van der Waals surface area contributed by atoms with Gasteiger partial charge in [-0.3, -0.25) is 4.79 Å². The van der Waals surface area contributed by atoms with Gasteiger partial charge in [0.15, 0.2) is 5.78 Å². The van der Waals surface area contributed by atoms with Gasteiger partial charge in [0.05, 0.1) is 17.1 Å². The van der Waals surface area contributed by atoms with Gasteiger partial charge < -0.3 is 10.8 Å². The summed E-state index contributed by atoms with van der Waals surface area (Å²) in [7, 11) is 0. The van der Waals surface area contributed by atoms with Crippen molar-refractivity contribution in [1.82, 2.24) is 0 Å². The Bertz CT molecular complexity index is 312. The normalized spacial score (nSPS) is 9.83. The van der Waals surface area contributed by atoms with E-state index in [4.69, 9.17) is 17.3 Å². The number of ketones is 1. The fourth-order valence-corrected chi connectivity index (χ4v) is 1.02. The number of phenolic OH excluding ortho intramolecular Hbond substituents is 1. The first kappa shape index (κ1) is 9.03. The standard InChI is InChI=1S/C8H8ClNO2/c9-6-3-1-2-5(8(6)12)7(11)4-10/h1-3,12H,4,10H2. The number of rotatable bonds is 2. The Morgan fingerprint density at radius 2 is 2.25 bits per heavy atom. The van der Waals surface area contributed by atoms with Crippen LogP contribution in [0.1, 0.15) is 10.4 Å². The van der Waals surface area contributed by atoms with Crippen LogP contribution in [0.4, 0.5) is 0 Å². The van der Waals surface area contributed by atoms with Crippen LogP contribution in [0.25, 0.3) is 0 Å². The molecule has 0 saturated heterocycles. The molecule has 0 radical (unpaired) electrons. The smallest absolute Gasteiger partial charge is 0.180 e. The maximum Gasteiger partial charge on any atom is 0.180 e. The zero-order chi connectivity index (χ0) is 9.14. The summed E-state index contributed by atoms with van der Waals surface area (Å²) in [4.78, 5) is 11.0. The summed E-state index contributed by atoms with van der Waals surface area (Å²) in [6.07, 6.45) is 0. The van der Waals surface area contributed by atoms with E-state index in [1.807, 2.05) is 0 Å². The lowest BCUT2D eigenvalue weighted by molar-refractivity contribution is 0.0999. The fourth-order valence-electron chi connectivity index (χ4n) is 0.850. The molecule has 4 heteroatoms. The number of carbonyl (C=O) groups excluding carboxylic acids is 1. The predicted molar refractivity (Wildman–Crippen MR) is 46.5 cm³/mol. The van der Waals surface area contributed by atoms with Crippen molar-refractivity contribution in [3.8, 4) is 5.75 Å². The van der Waals surface area contributed by atoms with E-state index in [1.165, 1.54) is 12.1 Å². The molecule has 0 bridgehead atoms. The maximum atomic E-state index is 11.0. The van der Waals surface area contributed by atoms with Crippen LogP contribution in [0.5, 0.6) is 5.75 Å². The van der Waals surface area contributed by atoms with Crippen molar-refractivity contribution in [2.24, 2.45) is 5.73 Å². The van der Waals surface area contributed by atoms with Crippen LogP contribution in [0.2, 0.25) is 5.02 Å². The fraction of sp³-hybridized carbons (Fsp3) is 0.125. The number of halogens is 1. The Kier molecular flexibility index (Phi) is 2.68. The molecule has 0 amide bonds. The minimum atomic E-state index is -0.324. The van der Waals surface area contributed by atoms with Gasteiger partial charge >= 0.3 is 0 Å². The van der Waals surface area contributed by atoms with Gasteiger partial charge in [-0.05, 0) is 12.1 Å². The molecule has 3 nitrogen and oxygen atoms in total. The van der Waals surface area contributed by atoms with Gasteiger partial charge in [0.1, 0.15) is 5.75 Å². The molecular weight excluding hydrogens is 178 g/mol. The topological polar surface area (TPSA) is 63.3 Å². The Morgan fingerprint density at radius 1 is 1.58 bits per heavy atom. The molecule has 0 unspecified atom stereocenters. The zero-order valence-electron chi connectivity index (χ0n) is 6.25. The Hall–Kier alpha value is -1.06. The molecule has 0 fully saturated rings. The van der Waals surface area contributed by atoms with Crippen LogP contribution >= 0.6 is 11.6 Å². The van der Waals surface area contributed by atoms with Gasteiger partial charge in [0.25, 0.3) is 0 Å². The molecule has 64 valence electrons. The number of benzene rings is 1. The second-order valence-electron chi connectivity index (χ2n) is 2.26. The van der Waals surface area contributed by atoms with E-state index in [0.29, 0.717) is 0 Å². The van der Waals surface area contributed by atoms with Crippen LogP contribution in [0, 0.1) is 0 Å². The molecular formula is C8H8ClNO2. The van der Waals surface area contributed by atoms with Gasteiger partial charge in [-0.2, -0.15) is 0 Å². The van der Waals surface area contributed by atoms with Gasteiger partial charge in [-0.15, -0.1) is 0 Å². The summed E-state index contributed by atoms with van der Waals surface area (Å²) in [5, 5.41) is 9.45. The second-order valence-corrected chi connectivity index (χ2v) is 2.67. The van der Waals surface area contributed by atoms with Crippen molar-refractivity contribution in [1.29, 1.82) is 0 Å². The molecule has 0 heterocycles. The Labute approximate surface area is 74.8 Å². The highest BCUT2D eigenvalue weighted by atomic mass is 35.5. The van der Waals surface area contributed by atoms with Crippen LogP contribution in [-0.4, -0.2) is 17.4 Å². The number of Topliss-reactive ketones (excluding diaryl/α,β-unsaturated/α-hetero) is 1. The maximum absolute atomic E-state index is 11.0. The Balaban J connectivity index is 3.16. The first-order valence-electron chi connectivity index (χ1n) is 3.37. The van der Waals surface area contributed by atoms with E-state index in [1.54, 1.807) is 6.07 Å². The third-order valence-electron chi connectivity index (χ3n) is 1.47. The highest BCUT2D eigenvalue weighted by molar-refractivity contribution is 6.32. The van der Waals surface area contributed by atoms with Crippen LogP contribution < -0.4 is 5.73 Å². The van der Waals surface area contributed by atoms with E-state index in [0.717, 1.165) is 0 Å². The van der Waals surface area contributed by atoms with E-state index >= 15 is 0 Å². The average molecular weight is 186 g/mol. The molecule has 0 aromatic heterocycles. The molecule has 0 spiro atoms. The van der Waals surface area contributed by atoms with Crippen molar-refractivity contribution < 1.29 is 9.90 Å². The summed E-state index contributed by atoms with van der Waals surface area (Å²) in [6.45, 7) is -0.131. The zero-order valence-corrected chi connectivity index (χ0v) is 7.01. The lowest BCUT2D eigenvalue weighted by Gasteiger charge is -2.02. The number of phenols is 1. The van der Waals surface area contributed by atoms with Gasteiger partial charge in [0, 0.05) is 0 Å². The van der Waals surface area contributed by atoms with E-state index in [2.05, 4.69) is 0 Å². The number of hydrogen-bond donors (Lipinski definition) is 2. The summed E-state index contributed by atoms with van der Waals surface area (Å²) < 4.78 is 0. The molecule has 1 aromatic rings. The summed E-state index contributed by atoms with van der Waals surface area (Å²) >= 11 is 5.57. The van der Waals surface area contributed by atoms with Crippen molar-refractivity contribution in [3.63, 3.8) is 0 Å². The summed E-state index contributed by atoms with van der Waals surface area (Å²) in [5.74, 6) is -0.524. The first-order chi connectivity index (χ1) is 5.66. The number of aromatic hydroxyl groups is 1. The number of para-hydroxylation sites is 1.